The summed E-state index contributed by atoms with van der Waals surface area (Å²) in [5.74, 6) is -0.954. The predicted molar refractivity (Wildman–Crippen MR) is 139 cm³/mol. The van der Waals surface area contributed by atoms with Crippen LogP contribution < -0.4 is 4.90 Å². The lowest BCUT2D eigenvalue weighted by Crippen LogP contribution is -2.28. The third-order valence-corrected chi connectivity index (χ3v) is 6.86. The number of anilines is 1. The van der Waals surface area contributed by atoms with Gasteiger partial charge in [0, 0.05) is 35.5 Å². The highest BCUT2D eigenvalue weighted by atomic mass is 35.5. The largest absolute Gasteiger partial charge is 0.478 e. The first-order valence-electron chi connectivity index (χ1n) is 11.4. The van der Waals surface area contributed by atoms with Gasteiger partial charge in [0.25, 0.3) is 0 Å². The van der Waals surface area contributed by atoms with E-state index in [1.165, 1.54) is 18.3 Å². The summed E-state index contributed by atoms with van der Waals surface area (Å²) < 4.78 is 13.8. The lowest BCUT2D eigenvalue weighted by Gasteiger charge is -2.22. The quantitative estimate of drug-likeness (QED) is 0.303. The first-order valence-corrected chi connectivity index (χ1v) is 12.2. The summed E-state index contributed by atoms with van der Waals surface area (Å²) in [4.78, 5) is 27.2. The Balaban J connectivity index is 1.55. The number of nitrogens with zero attached hydrogens (tertiary/aromatic N) is 4. The molecule has 1 atom stereocenters. The van der Waals surface area contributed by atoms with Crippen LogP contribution in [0.5, 0.6) is 0 Å². The summed E-state index contributed by atoms with van der Waals surface area (Å²) in [6.45, 7) is 3.02. The molecule has 2 aromatic heterocycles. The molecule has 6 nitrogen and oxygen atoms in total. The second kappa shape index (κ2) is 9.84. The summed E-state index contributed by atoms with van der Waals surface area (Å²) in [6, 6.07) is 15.6. The lowest BCUT2D eigenvalue weighted by atomic mass is 10.0. The molecule has 3 heterocycles. The summed E-state index contributed by atoms with van der Waals surface area (Å²) in [5, 5.41) is 9.43. The minimum atomic E-state index is -1.09. The number of rotatable bonds is 5. The first-order chi connectivity index (χ1) is 17.3. The van der Waals surface area contributed by atoms with Gasteiger partial charge in [-0.15, -0.1) is 0 Å². The van der Waals surface area contributed by atoms with Crippen molar-refractivity contribution in [1.82, 2.24) is 15.0 Å². The van der Waals surface area contributed by atoms with Gasteiger partial charge in [0.05, 0.1) is 32.7 Å². The van der Waals surface area contributed by atoms with Gasteiger partial charge in [-0.2, -0.15) is 0 Å². The zero-order valence-corrected chi connectivity index (χ0v) is 20.8. The average Bonchev–Trinajstić information content (AvgIpc) is 3.31. The zero-order valence-electron chi connectivity index (χ0n) is 19.3. The molecule has 0 bridgehead atoms. The van der Waals surface area contributed by atoms with E-state index in [4.69, 9.17) is 38.3 Å². The molecule has 0 amide bonds. The van der Waals surface area contributed by atoms with Gasteiger partial charge in [-0.1, -0.05) is 47.5 Å². The number of aromatic carboxylic acids is 1. The van der Waals surface area contributed by atoms with Crippen LogP contribution in [0.15, 0.2) is 60.8 Å². The minimum Gasteiger partial charge on any atom is -0.478 e. The van der Waals surface area contributed by atoms with Gasteiger partial charge in [-0.05, 0) is 50.1 Å². The van der Waals surface area contributed by atoms with Crippen LogP contribution >= 0.6 is 23.2 Å². The van der Waals surface area contributed by atoms with Crippen molar-refractivity contribution < 1.29 is 14.3 Å². The number of halogens is 3. The topological polar surface area (TPSA) is 79.2 Å². The SMILES string of the molecule is C[C@@H]1CCCN1c1nc(-c2ccc(-c3ncc(C(=O)O)cc3Cl)cc2)cc(-c2ccc(F)c(Cl)c2)n1. The van der Waals surface area contributed by atoms with Crippen LogP contribution in [0.1, 0.15) is 30.1 Å². The molecule has 2 aromatic carbocycles. The molecule has 36 heavy (non-hydrogen) atoms. The molecular formula is C27H21Cl2FN4O2. The maximum absolute atomic E-state index is 13.8. The van der Waals surface area contributed by atoms with E-state index < -0.39 is 11.8 Å². The van der Waals surface area contributed by atoms with Crippen LogP contribution in [-0.4, -0.2) is 38.6 Å². The number of hydrogen-bond acceptors (Lipinski definition) is 5. The van der Waals surface area contributed by atoms with E-state index in [0.29, 0.717) is 34.6 Å². The molecule has 1 N–H and O–H groups in total. The van der Waals surface area contributed by atoms with Crippen LogP contribution in [0.4, 0.5) is 10.3 Å². The number of aromatic nitrogens is 3. The molecule has 0 aliphatic carbocycles. The Kier molecular flexibility index (Phi) is 6.60. The van der Waals surface area contributed by atoms with E-state index >= 15 is 0 Å². The number of carboxylic acids is 1. The molecular weight excluding hydrogens is 502 g/mol. The maximum Gasteiger partial charge on any atom is 0.337 e. The molecule has 1 aliphatic heterocycles. The van der Waals surface area contributed by atoms with Gasteiger partial charge < -0.3 is 10.0 Å². The lowest BCUT2D eigenvalue weighted by molar-refractivity contribution is 0.0696. The standard InChI is InChI=1S/C27H21Cl2FN4O2/c1-15-3-2-10-34(15)27-32-23(13-24(33-27)18-8-9-22(30)20(28)11-18)16-4-6-17(7-5-16)25-21(29)12-19(14-31-25)26(35)36/h4-9,11-15H,2-3,10H2,1H3,(H,35,36)/t15-/m1/s1. The second-order valence-corrected chi connectivity index (χ2v) is 9.50. The van der Waals surface area contributed by atoms with Crippen molar-refractivity contribution in [3.05, 3.63) is 82.2 Å². The van der Waals surface area contributed by atoms with E-state index in [1.807, 2.05) is 30.3 Å². The maximum atomic E-state index is 13.8. The Morgan fingerprint density at radius 3 is 2.25 bits per heavy atom. The molecule has 5 rings (SSSR count). The fraction of sp³-hybridized carbons (Fsp3) is 0.185. The molecule has 0 radical (unpaired) electrons. The molecule has 1 saturated heterocycles. The number of pyridine rings is 1. The van der Waals surface area contributed by atoms with E-state index in [1.54, 1.807) is 12.1 Å². The Labute approximate surface area is 217 Å². The summed E-state index contributed by atoms with van der Waals surface area (Å²) in [7, 11) is 0. The van der Waals surface area contributed by atoms with Gasteiger partial charge in [-0.3, -0.25) is 4.98 Å². The molecule has 4 aromatic rings. The molecule has 0 saturated carbocycles. The summed E-state index contributed by atoms with van der Waals surface area (Å²) >= 11 is 12.3. The molecule has 1 fully saturated rings. The fourth-order valence-corrected chi connectivity index (χ4v) is 4.77. The van der Waals surface area contributed by atoms with Crippen molar-refractivity contribution in [3.63, 3.8) is 0 Å². The van der Waals surface area contributed by atoms with Crippen molar-refractivity contribution in [2.45, 2.75) is 25.8 Å². The molecule has 0 unspecified atom stereocenters. The van der Waals surface area contributed by atoms with Crippen LogP contribution in [0.2, 0.25) is 10.0 Å². The Morgan fingerprint density at radius 1 is 0.972 bits per heavy atom. The highest BCUT2D eigenvalue weighted by Crippen LogP contribution is 2.33. The fourth-order valence-electron chi connectivity index (χ4n) is 4.31. The van der Waals surface area contributed by atoms with Gasteiger partial charge in [-0.25, -0.2) is 19.2 Å². The Bertz CT molecular complexity index is 1460. The normalized spacial score (nSPS) is 15.3. The molecule has 0 spiro atoms. The monoisotopic (exact) mass is 522 g/mol. The van der Waals surface area contributed by atoms with Crippen LogP contribution in [0.25, 0.3) is 33.8 Å². The number of carbonyl (C=O) groups is 1. The van der Waals surface area contributed by atoms with E-state index in [2.05, 4.69) is 16.8 Å². The van der Waals surface area contributed by atoms with E-state index in [-0.39, 0.29) is 15.6 Å². The smallest absolute Gasteiger partial charge is 0.337 e. The Morgan fingerprint density at radius 2 is 1.64 bits per heavy atom. The predicted octanol–water partition coefficient (Wildman–Crippen LogP) is 7.01. The highest BCUT2D eigenvalue weighted by molar-refractivity contribution is 6.33. The van der Waals surface area contributed by atoms with E-state index in [0.717, 1.165) is 30.5 Å². The average molecular weight is 523 g/mol. The number of hydrogen-bond donors (Lipinski definition) is 1. The van der Waals surface area contributed by atoms with Crippen LogP contribution in [0.3, 0.4) is 0 Å². The molecule has 182 valence electrons. The Hall–Kier alpha value is -3.55. The second-order valence-electron chi connectivity index (χ2n) is 8.69. The van der Waals surface area contributed by atoms with Gasteiger partial charge in [0.15, 0.2) is 0 Å². The molecule has 9 heteroatoms. The van der Waals surface area contributed by atoms with Crippen molar-refractivity contribution in [1.29, 1.82) is 0 Å². The van der Waals surface area contributed by atoms with Crippen molar-refractivity contribution in [3.8, 4) is 33.8 Å². The van der Waals surface area contributed by atoms with Crippen LogP contribution in [-0.2, 0) is 0 Å². The third-order valence-electron chi connectivity index (χ3n) is 6.28. The van der Waals surface area contributed by atoms with Crippen LogP contribution in [0, 0.1) is 5.82 Å². The zero-order chi connectivity index (χ0) is 25.4. The molecule has 1 aliphatic rings. The minimum absolute atomic E-state index is 0.0263. The number of carboxylic acid groups (broad SMARTS) is 1. The van der Waals surface area contributed by atoms with Gasteiger partial charge in [0.1, 0.15) is 5.82 Å². The number of benzene rings is 2. The van der Waals surface area contributed by atoms with Crippen molar-refractivity contribution in [2.24, 2.45) is 0 Å². The first kappa shape index (κ1) is 24.2. The summed E-state index contributed by atoms with van der Waals surface area (Å²) in [6.07, 6.45) is 3.41. The summed E-state index contributed by atoms with van der Waals surface area (Å²) in [5.41, 5.74) is 4.16. The van der Waals surface area contributed by atoms with Gasteiger partial charge in [0.2, 0.25) is 5.95 Å². The van der Waals surface area contributed by atoms with E-state index in [9.17, 15) is 9.18 Å². The van der Waals surface area contributed by atoms with Crippen molar-refractivity contribution in [2.75, 3.05) is 11.4 Å². The third kappa shape index (κ3) is 4.76. The highest BCUT2D eigenvalue weighted by Gasteiger charge is 2.24. The van der Waals surface area contributed by atoms with Gasteiger partial charge >= 0.3 is 5.97 Å². The van der Waals surface area contributed by atoms with Crippen molar-refractivity contribution >= 4 is 35.1 Å².